The van der Waals surface area contributed by atoms with E-state index in [-0.39, 0.29) is 23.4 Å². The van der Waals surface area contributed by atoms with Crippen molar-refractivity contribution in [3.05, 3.63) is 18.1 Å². The summed E-state index contributed by atoms with van der Waals surface area (Å²) in [5, 5.41) is 10.8. The predicted molar refractivity (Wildman–Crippen MR) is 46.1 cm³/mol. The van der Waals surface area contributed by atoms with Crippen molar-refractivity contribution in [1.82, 2.24) is 9.97 Å². The number of amides is 1. The molecule has 0 aromatic carbocycles. The van der Waals surface area contributed by atoms with Crippen LogP contribution in [0.1, 0.15) is 5.82 Å². The lowest BCUT2D eigenvalue weighted by atomic mass is 10.5. The number of aromatic nitrogens is 2. The van der Waals surface area contributed by atoms with E-state index in [9.17, 15) is 4.79 Å². The number of alkyl halides is 1. The molecule has 5 nitrogen and oxygen atoms in total. The summed E-state index contributed by atoms with van der Waals surface area (Å²) >= 11 is 5.26. The summed E-state index contributed by atoms with van der Waals surface area (Å²) in [4.78, 5) is 18.1. The fraction of sp³-hybridized carbons (Fsp3) is 0.143. The maximum Gasteiger partial charge on any atom is 0.240 e. The Balaban J connectivity index is 2.79. The van der Waals surface area contributed by atoms with E-state index in [4.69, 9.17) is 16.9 Å². The van der Waals surface area contributed by atoms with Crippen LogP contribution in [0, 0.1) is 11.3 Å². The first kappa shape index (κ1) is 9.42. The number of hydrogen-bond acceptors (Lipinski definition) is 4. The second-order valence-electron chi connectivity index (χ2n) is 2.06. The molecule has 0 radical (unpaired) electrons. The molecule has 1 N–H and O–H groups in total. The zero-order chi connectivity index (χ0) is 9.68. The summed E-state index contributed by atoms with van der Waals surface area (Å²) in [5.74, 6) is -0.236. The lowest BCUT2D eigenvalue weighted by Gasteiger charge is -1.99. The second kappa shape index (κ2) is 4.38. The van der Waals surface area contributed by atoms with E-state index >= 15 is 0 Å². The highest BCUT2D eigenvalue weighted by atomic mass is 35.5. The molecule has 0 saturated heterocycles. The summed E-state index contributed by atoms with van der Waals surface area (Å²) in [5.41, 5.74) is 0. The van der Waals surface area contributed by atoms with Crippen LogP contribution in [0.4, 0.5) is 5.82 Å². The van der Waals surface area contributed by atoms with Gasteiger partial charge < -0.3 is 5.32 Å². The summed E-state index contributed by atoms with van der Waals surface area (Å²) in [6.45, 7) is 0. The van der Waals surface area contributed by atoms with Gasteiger partial charge in [0.05, 0.1) is 0 Å². The molecule has 1 amide bonds. The van der Waals surface area contributed by atoms with Gasteiger partial charge in [0.1, 0.15) is 17.8 Å². The van der Waals surface area contributed by atoms with Gasteiger partial charge in [-0.2, -0.15) is 5.26 Å². The highest BCUT2D eigenvalue weighted by Crippen LogP contribution is 2.00. The number of nitrogens with zero attached hydrogens (tertiary/aromatic N) is 3. The van der Waals surface area contributed by atoms with Crippen molar-refractivity contribution in [3.63, 3.8) is 0 Å². The van der Waals surface area contributed by atoms with Gasteiger partial charge in [-0.3, -0.25) is 4.79 Å². The van der Waals surface area contributed by atoms with Crippen molar-refractivity contribution in [2.75, 3.05) is 11.2 Å². The van der Waals surface area contributed by atoms with Crippen LogP contribution >= 0.6 is 11.6 Å². The molecule has 1 rings (SSSR count). The fourth-order valence-corrected chi connectivity index (χ4v) is 0.725. The van der Waals surface area contributed by atoms with Gasteiger partial charge in [0.15, 0.2) is 0 Å². The van der Waals surface area contributed by atoms with E-state index in [0.717, 1.165) is 0 Å². The third kappa shape index (κ3) is 2.69. The molecule has 0 aliphatic rings. The van der Waals surface area contributed by atoms with Gasteiger partial charge in [-0.25, -0.2) is 9.97 Å². The van der Waals surface area contributed by atoms with E-state index in [1.54, 1.807) is 6.07 Å². The number of carbonyl (C=O) groups excluding carboxylic acids is 1. The monoisotopic (exact) mass is 196 g/mol. The second-order valence-corrected chi connectivity index (χ2v) is 2.33. The molecule has 0 bridgehead atoms. The van der Waals surface area contributed by atoms with Gasteiger partial charge in [0, 0.05) is 6.20 Å². The Morgan fingerprint density at radius 3 is 3.15 bits per heavy atom. The van der Waals surface area contributed by atoms with Gasteiger partial charge in [0.25, 0.3) is 0 Å². The van der Waals surface area contributed by atoms with Crippen LogP contribution in [0.2, 0.25) is 0 Å². The molecule has 0 unspecified atom stereocenters. The first-order valence-electron chi connectivity index (χ1n) is 3.35. The maximum atomic E-state index is 10.8. The van der Waals surface area contributed by atoms with Crippen molar-refractivity contribution < 1.29 is 4.79 Å². The average molecular weight is 197 g/mol. The Kier molecular flexibility index (Phi) is 3.17. The number of anilines is 1. The van der Waals surface area contributed by atoms with Crippen LogP contribution in [-0.4, -0.2) is 21.8 Å². The van der Waals surface area contributed by atoms with Crippen molar-refractivity contribution in [2.45, 2.75) is 0 Å². The standard InChI is InChI=1S/C7H5ClN4O/c8-3-7(13)12-5-1-2-10-6(4-9)11-5/h1-2H,3H2,(H,10,11,12,13). The summed E-state index contributed by atoms with van der Waals surface area (Å²) in [7, 11) is 0. The van der Waals surface area contributed by atoms with Gasteiger partial charge in [-0.05, 0) is 6.07 Å². The van der Waals surface area contributed by atoms with Crippen molar-refractivity contribution in [2.24, 2.45) is 0 Å². The van der Waals surface area contributed by atoms with Crippen LogP contribution in [0.25, 0.3) is 0 Å². The van der Waals surface area contributed by atoms with Crippen LogP contribution in [0.3, 0.4) is 0 Å². The third-order valence-corrected chi connectivity index (χ3v) is 1.39. The maximum absolute atomic E-state index is 10.8. The normalized spacial score (nSPS) is 8.92. The number of hydrogen-bond donors (Lipinski definition) is 1. The van der Waals surface area contributed by atoms with Crippen LogP contribution < -0.4 is 5.32 Å². The number of rotatable bonds is 2. The van der Waals surface area contributed by atoms with Crippen molar-refractivity contribution >= 4 is 23.3 Å². The predicted octanol–water partition coefficient (Wildman–Crippen LogP) is 0.526. The number of nitrogens with one attached hydrogen (secondary N) is 1. The van der Waals surface area contributed by atoms with Gasteiger partial charge in [-0.1, -0.05) is 0 Å². The molecule has 66 valence electrons. The smallest absolute Gasteiger partial charge is 0.240 e. The highest BCUT2D eigenvalue weighted by molar-refractivity contribution is 6.28. The van der Waals surface area contributed by atoms with E-state index < -0.39 is 0 Å². The van der Waals surface area contributed by atoms with Crippen LogP contribution in [0.5, 0.6) is 0 Å². The van der Waals surface area contributed by atoms with Crippen LogP contribution in [0.15, 0.2) is 12.3 Å². The zero-order valence-corrected chi connectivity index (χ0v) is 7.25. The quantitative estimate of drug-likeness (QED) is 0.700. The Morgan fingerprint density at radius 1 is 1.77 bits per heavy atom. The third-order valence-electron chi connectivity index (χ3n) is 1.14. The lowest BCUT2D eigenvalue weighted by molar-refractivity contribution is -0.113. The Bertz CT molecular complexity index is 360. The molecule has 0 spiro atoms. The SMILES string of the molecule is N#Cc1nccc(NC(=O)CCl)n1. The molecule has 1 heterocycles. The van der Waals surface area contributed by atoms with Crippen molar-refractivity contribution in [1.29, 1.82) is 5.26 Å². The molecule has 0 aliphatic carbocycles. The number of carbonyl (C=O) groups is 1. The molecular formula is C7H5ClN4O. The fourth-order valence-electron chi connectivity index (χ4n) is 0.658. The first-order valence-corrected chi connectivity index (χ1v) is 3.88. The molecule has 0 fully saturated rings. The molecule has 1 aromatic heterocycles. The highest BCUT2D eigenvalue weighted by Gasteiger charge is 2.01. The number of halogens is 1. The van der Waals surface area contributed by atoms with E-state index in [2.05, 4.69) is 15.3 Å². The van der Waals surface area contributed by atoms with Crippen LogP contribution in [-0.2, 0) is 4.79 Å². The molecule has 0 aliphatic heterocycles. The Labute approximate surface area is 79.4 Å². The van der Waals surface area contributed by atoms with E-state index in [1.165, 1.54) is 12.3 Å². The van der Waals surface area contributed by atoms with Gasteiger partial charge in [0.2, 0.25) is 11.7 Å². The van der Waals surface area contributed by atoms with Gasteiger partial charge in [-0.15, -0.1) is 11.6 Å². The summed E-state index contributed by atoms with van der Waals surface area (Å²) in [6.07, 6.45) is 1.38. The largest absolute Gasteiger partial charge is 0.310 e. The lowest BCUT2D eigenvalue weighted by Crippen LogP contribution is -2.14. The number of nitriles is 1. The molecule has 0 saturated carbocycles. The van der Waals surface area contributed by atoms with E-state index in [0.29, 0.717) is 0 Å². The Hall–Kier alpha value is -1.67. The van der Waals surface area contributed by atoms with E-state index in [1.807, 2.05) is 0 Å². The molecule has 1 aromatic rings. The van der Waals surface area contributed by atoms with Crippen molar-refractivity contribution in [3.8, 4) is 6.07 Å². The minimum Gasteiger partial charge on any atom is -0.310 e. The first-order chi connectivity index (χ1) is 6.26. The molecule has 13 heavy (non-hydrogen) atoms. The molecule has 0 atom stereocenters. The minimum atomic E-state index is -0.371. The minimum absolute atomic E-state index is 0.00683. The van der Waals surface area contributed by atoms with Gasteiger partial charge >= 0.3 is 0 Å². The Morgan fingerprint density at radius 2 is 2.54 bits per heavy atom. The zero-order valence-electron chi connectivity index (χ0n) is 6.49. The summed E-state index contributed by atoms with van der Waals surface area (Å²) < 4.78 is 0. The average Bonchev–Trinajstić information content (AvgIpc) is 2.18. The molecule has 6 heteroatoms. The summed E-state index contributed by atoms with van der Waals surface area (Å²) in [6, 6.07) is 3.23. The topological polar surface area (TPSA) is 78.7 Å². The molecular weight excluding hydrogens is 192 g/mol.